The van der Waals surface area contributed by atoms with Crippen LogP contribution in [0.2, 0.25) is 0 Å². The van der Waals surface area contributed by atoms with Gasteiger partial charge in [-0.05, 0) is 25.3 Å². The molecule has 0 radical (unpaired) electrons. The van der Waals surface area contributed by atoms with Gasteiger partial charge in [-0.1, -0.05) is 32.0 Å². The van der Waals surface area contributed by atoms with Gasteiger partial charge in [0, 0.05) is 18.5 Å². The maximum atomic E-state index is 6.01. The van der Waals surface area contributed by atoms with E-state index in [4.69, 9.17) is 9.57 Å². The van der Waals surface area contributed by atoms with Crippen LogP contribution < -0.4 is 10.2 Å². The van der Waals surface area contributed by atoms with E-state index in [-0.39, 0.29) is 5.60 Å². The molecule has 1 heterocycles. The van der Waals surface area contributed by atoms with Gasteiger partial charge in [0.05, 0.1) is 6.61 Å². The summed E-state index contributed by atoms with van der Waals surface area (Å²) in [6.07, 6.45) is 0.975. The minimum atomic E-state index is -0.0861. The lowest BCUT2D eigenvalue weighted by Crippen LogP contribution is -2.25. The maximum absolute atomic E-state index is 6.01. The van der Waals surface area contributed by atoms with Gasteiger partial charge < -0.3 is 9.57 Å². The molecule has 100 valence electrons. The summed E-state index contributed by atoms with van der Waals surface area (Å²) >= 11 is 0. The second-order valence-electron chi connectivity index (χ2n) is 5.97. The minimum Gasteiger partial charge on any atom is -0.487 e. The van der Waals surface area contributed by atoms with E-state index in [0.29, 0.717) is 12.5 Å². The van der Waals surface area contributed by atoms with Crippen LogP contribution in [0.4, 0.5) is 0 Å². The second-order valence-corrected chi connectivity index (χ2v) is 5.97. The zero-order chi connectivity index (χ0) is 13.2. The van der Waals surface area contributed by atoms with Gasteiger partial charge in [0.2, 0.25) is 0 Å². The normalized spacial score (nSPS) is 16.7. The molecular weight excluding hydrogens is 226 g/mol. The first kappa shape index (κ1) is 13.4. The van der Waals surface area contributed by atoms with Crippen LogP contribution >= 0.6 is 0 Å². The van der Waals surface area contributed by atoms with Crippen LogP contribution in [0.5, 0.6) is 5.75 Å². The highest BCUT2D eigenvalue weighted by Gasteiger charge is 2.31. The van der Waals surface area contributed by atoms with E-state index >= 15 is 0 Å². The molecule has 18 heavy (non-hydrogen) atoms. The molecule has 0 spiro atoms. The number of nitrogens with one attached hydrogen (secondary N) is 1. The molecule has 0 saturated heterocycles. The van der Waals surface area contributed by atoms with Crippen molar-refractivity contribution in [2.75, 3.05) is 6.61 Å². The smallest absolute Gasteiger partial charge is 0.128 e. The molecule has 0 atom stereocenters. The Kier molecular flexibility index (Phi) is 3.93. The van der Waals surface area contributed by atoms with E-state index in [0.717, 1.165) is 18.8 Å². The molecule has 1 N–H and O–H groups in total. The van der Waals surface area contributed by atoms with Crippen molar-refractivity contribution in [3.05, 3.63) is 29.3 Å². The van der Waals surface area contributed by atoms with E-state index in [9.17, 15) is 0 Å². The summed E-state index contributed by atoms with van der Waals surface area (Å²) in [4.78, 5) is 5.41. The standard InChI is InChI=1S/C15H23NO2/c1-11(2)10-17-16-9-13-7-5-6-12-8-15(3,4)18-14(12)13/h5-7,11,16H,8-10H2,1-4H3. The summed E-state index contributed by atoms with van der Waals surface area (Å²) in [5, 5.41) is 0. The first-order valence-electron chi connectivity index (χ1n) is 6.62. The molecule has 0 bridgehead atoms. The molecule has 0 aromatic heterocycles. The molecule has 0 aliphatic carbocycles. The SMILES string of the molecule is CC(C)CONCc1cccc2c1OC(C)(C)C2. The average Bonchev–Trinajstić information content (AvgIpc) is 2.58. The Labute approximate surface area is 109 Å². The molecule has 0 saturated carbocycles. The van der Waals surface area contributed by atoms with Gasteiger partial charge in [0.1, 0.15) is 11.4 Å². The van der Waals surface area contributed by atoms with Crippen molar-refractivity contribution in [3.8, 4) is 5.75 Å². The minimum absolute atomic E-state index is 0.0861. The maximum Gasteiger partial charge on any atom is 0.128 e. The van der Waals surface area contributed by atoms with Crippen LogP contribution in [0.1, 0.15) is 38.8 Å². The van der Waals surface area contributed by atoms with Crippen LogP contribution in [0.15, 0.2) is 18.2 Å². The first-order valence-corrected chi connectivity index (χ1v) is 6.62. The van der Waals surface area contributed by atoms with Crippen molar-refractivity contribution in [2.45, 2.75) is 46.3 Å². The van der Waals surface area contributed by atoms with Crippen molar-refractivity contribution in [2.24, 2.45) is 5.92 Å². The lowest BCUT2D eigenvalue weighted by molar-refractivity contribution is 0.0189. The van der Waals surface area contributed by atoms with Crippen molar-refractivity contribution < 1.29 is 9.57 Å². The lowest BCUT2D eigenvalue weighted by atomic mass is 10.0. The second kappa shape index (κ2) is 5.29. The van der Waals surface area contributed by atoms with E-state index < -0.39 is 0 Å². The summed E-state index contributed by atoms with van der Waals surface area (Å²) in [6.45, 7) is 9.92. The molecular formula is C15H23NO2. The van der Waals surface area contributed by atoms with Crippen LogP contribution in [-0.2, 0) is 17.8 Å². The topological polar surface area (TPSA) is 30.5 Å². The summed E-state index contributed by atoms with van der Waals surface area (Å²) in [7, 11) is 0. The highest BCUT2D eigenvalue weighted by molar-refractivity contribution is 5.45. The third-order valence-electron chi connectivity index (χ3n) is 2.95. The fourth-order valence-electron chi connectivity index (χ4n) is 2.17. The van der Waals surface area contributed by atoms with E-state index in [1.165, 1.54) is 11.1 Å². The predicted molar refractivity (Wildman–Crippen MR) is 72.5 cm³/mol. The molecule has 0 unspecified atom stereocenters. The van der Waals surface area contributed by atoms with Crippen molar-refractivity contribution in [1.29, 1.82) is 0 Å². The van der Waals surface area contributed by atoms with Crippen molar-refractivity contribution in [1.82, 2.24) is 5.48 Å². The van der Waals surface area contributed by atoms with Gasteiger partial charge in [-0.3, -0.25) is 0 Å². The molecule has 0 fully saturated rings. The average molecular weight is 249 g/mol. The number of hydrogen-bond acceptors (Lipinski definition) is 3. The number of hydrogen-bond donors (Lipinski definition) is 1. The molecule has 2 rings (SSSR count). The Hall–Kier alpha value is -1.06. The van der Waals surface area contributed by atoms with E-state index in [1.54, 1.807) is 0 Å². The Bertz CT molecular complexity index is 413. The van der Waals surface area contributed by atoms with E-state index in [1.807, 2.05) is 0 Å². The summed E-state index contributed by atoms with van der Waals surface area (Å²) in [5.41, 5.74) is 5.39. The highest BCUT2D eigenvalue weighted by Crippen LogP contribution is 2.37. The van der Waals surface area contributed by atoms with Crippen LogP contribution in [0, 0.1) is 5.92 Å². The predicted octanol–water partition coefficient (Wildman–Crippen LogP) is 3.08. The number of benzene rings is 1. The molecule has 1 aliphatic rings. The molecule has 1 aromatic carbocycles. The quantitative estimate of drug-likeness (QED) is 0.642. The van der Waals surface area contributed by atoms with Gasteiger partial charge in [-0.2, -0.15) is 5.48 Å². The third-order valence-corrected chi connectivity index (χ3v) is 2.95. The van der Waals surface area contributed by atoms with Gasteiger partial charge in [0.25, 0.3) is 0 Å². The Morgan fingerprint density at radius 2 is 2.17 bits per heavy atom. The molecule has 3 nitrogen and oxygen atoms in total. The van der Waals surface area contributed by atoms with Gasteiger partial charge >= 0.3 is 0 Å². The van der Waals surface area contributed by atoms with Crippen LogP contribution in [-0.4, -0.2) is 12.2 Å². The molecule has 1 aromatic rings. The monoisotopic (exact) mass is 249 g/mol. The largest absolute Gasteiger partial charge is 0.487 e. The van der Waals surface area contributed by atoms with Crippen LogP contribution in [0.3, 0.4) is 0 Å². The lowest BCUT2D eigenvalue weighted by Gasteiger charge is -2.18. The first-order chi connectivity index (χ1) is 8.48. The van der Waals surface area contributed by atoms with Crippen LogP contribution in [0.25, 0.3) is 0 Å². The summed E-state index contributed by atoms with van der Waals surface area (Å²) in [5.74, 6) is 1.57. The molecule has 3 heteroatoms. The summed E-state index contributed by atoms with van der Waals surface area (Å²) < 4.78 is 6.01. The van der Waals surface area contributed by atoms with Gasteiger partial charge in [-0.25, -0.2) is 0 Å². The van der Waals surface area contributed by atoms with Gasteiger partial charge in [-0.15, -0.1) is 0 Å². The number of para-hydroxylation sites is 1. The fourth-order valence-corrected chi connectivity index (χ4v) is 2.17. The number of ether oxygens (including phenoxy) is 1. The Morgan fingerprint density at radius 3 is 2.89 bits per heavy atom. The number of fused-ring (bicyclic) bond motifs is 1. The zero-order valence-electron chi connectivity index (χ0n) is 11.7. The number of rotatable bonds is 5. The number of hydroxylamine groups is 1. The third kappa shape index (κ3) is 3.24. The Morgan fingerprint density at radius 1 is 1.39 bits per heavy atom. The van der Waals surface area contributed by atoms with Crippen molar-refractivity contribution >= 4 is 0 Å². The molecule has 1 aliphatic heterocycles. The summed E-state index contributed by atoms with van der Waals surface area (Å²) in [6, 6.07) is 6.32. The zero-order valence-corrected chi connectivity index (χ0v) is 11.7. The highest BCUT2D eigenvalue weighted by atomic mass is 16.6. The molecule has 0 amide bonds. The van der Waals surface area contributed by atoms with Gasteiger partial charge in [0.15, 0.2) is 0 Å². The van der Waals surface area contributed by atoms with E-state index in [2.05, 4.69) is 51.4 Å². The Balaban J connectivity index is 1.97. The fraction of sp³-hybridized carbons (Fsp3) is 0.600. The van der Waals surface area contributed by atoms with Crippen molar-refractivity contribution in [3.63, 3.8) is 0 Å².